The predicted octanol–water partition coefficient (Wildman–Crippen LogP) is 2.20. The van der Waals surface area contributed by atoms with Gasteiger partial charge in [0.15, 0.2) is 0 Å². The molecule has 5 nitrogen and oxygen atoms in total. The molecule has 1 aliphatic carbocycles. The minimum Gasteiger partial charge on any atom is -0.489 e. The molecular formula is C16H23FN2O3. The highest BCUT2D eigenvalue weighted by Gasteiger charge is 2.31. The Kier molecular flexibility index (Phi) is 5.60. The zero-order valence-corrected chi connectivity index (χ0v) is 12.8. The number of benzene rings is 1. The number of hydrogen-bond donors (Lipinski definition) is 3. The third kappa shape index (κ3) is 5.18. The van der Waals surface area contributed by atoms with Gasteiger partial charge in [-0.1, -0.05) is 18.9 Å². The average Bonchev–Trinajstić information content (AvgIpc) is 2.90. The molecule has 22 heavy (non-hydrogen) atoms. The third-order valence-electron chi connectivity index (χ3n) is 3.80. The quantitative estimate of drug-likeness (QED) is 0.754. The minimum atomic E-state index is -0.763. The SMILES string of the molecule is CC(CNC(=O)NCC1(O)CCCC1)Oc1cccc(F)c1. The summed E-state index contributed by atoms with van der Waals surface area (Å²) in [6.07, 6.45) is 3.16. The van der Waals surface area contributed by atoms with Crippen molar-refractivity contribution in [1.82, 2.24) is 10.6 Å². The molecule has 0 aliphatic heterocycles. The zero-order valence-electron chi connectivity index (χ0n) is 12.8. The van der Waals surface area contributed by atoms with E-state index in [0.29, 0.717) is 12.3 Å². The Morgan fingerprint density at radius 2 is 2.14 bits per heavy atom. The van der Waals surface area contributed by atoms with Gasteiger partial charge in [-0.15, -0.1) is 0 Å². The normalized spacial score (nSPS) is 17.8. The van der Waals surface area contributed by atoms with Crippen LogP contribution in [0.3, 0.4) is 0 Å². The first-order valence-electron chi connectivity index (χ1n) is 7.63. The molecule has 1 aromatic rings. The lowest BCUT2D eigenvalue weighted by Gasteiger charge is -2.23. The number of ether oxygens (including phenoxy) is 1. The van der Waals surface area contributed by atoms with Crippen LogP contribution in [-0.2, 0) is 0 Å². The monoisotopic (exact) mass is 310 g/mol. The van der Waals surface area contributed by atoms with Crippen molar-refractivity contribution in [2.75, 3.05) is 13.1 Å². The molecule has 3 N–H and O–H groups in total. The summed E-state index contributed by atoms with van der Waals surface area (Å²) in [5.41, 5.74) is -0.763. The Morgan fingerprint density at radius 1 is 1.41 bits per heavy atom. The van der Waals surface area contributed by atoms with Gasteiger partial charge < -0.3 is 20.5 Å². The van der Waals surface area contributed by atoms with Gasteiger partial charge in [0, 0.05) is 12.6 Å². The molecule has 0 spiro atoms. The van der Waals surface area contributed by atoms with E-state index >= 15 is 0 Å². The topological polar surface area (TPSA) is 70.6 Å². The van der Waals surface area contributed by atoms with Gasteiger partial charge in [-0.25, -0.2) is 9.18 Å². The number of carbonyl (C=O) groups is 1. The number of hydrogen-bond acceptors (Lipinski definition) is 3. The lowest BCUT2D eigenvalue weighted by molar-refractivity contribution is 0.0500. The fraction of sp³-hybridized carbons (Fsp3) is 0.562. The molecule has 1 aromatic carbocycles. The van der Waals surface area contributed by atoms with Gasteiger partial charge in [0.1, 0.15) is 17.7 Å². The number of urea groups is 1. The Labute approximate surface area is 129 Å². The fourth-order valence-electron chi connectivity index (χ4n) is 2.57. The first-order valence-corrected chi connectivity index (χ1v) is 7.63. The number of rotatable bonds is 6. The Balaban J connectivity index is 1.67. The van der Waals surface area contributed by atoms with E-state index in [1.165, 1.54) is 12.1 Å². The van der Waals surface area contributed by atoms with E-state index in [1.54, 1.807) is 19.1 Å². The Morgan fingerprint density at radius 3 is 2.82 bits per heavy atom. The van der Waals surface area contributed by atoms with Crippen LogP contribution < -0.4 is 15.4 Å². The highest BCUT2D eigenvalue weighted by atomic mass is 19.1. The van der Waals surface area contributed by atoms with Crippen LogP contribution in [0.1, 0.15) is 32.6 Å². The zero-order chi connectivity index (χ0) is 16.0. The largest absolute Gasteiger partial charge is 0.489 e. The van der Waals surface area contributed by atoms with E-state index < -0.39 is 5.60 Å². The van der Waals surface area contributed by atoms with Crippen LogP contribution in [0.2, 0.25) is 0 Å². The molecule has 0 aromatic heterocycles. The van der Waals surface area contributed by atoms with E-state index in [2.05, 4.69) is 10.6 Å². The molecule has 0 saturated heterocycles. The van der Waals surface area contributed by atoms with Gasteiger partial charge in [-0.3, -0.25) is 0 Å². The summed E-state index contributed by atoms with van der Waals surface area (Å²) in [6.45, 7) is 2.34. The summed E-state index contributed by atoms with van der Waals surface area (Å²) in [5.74, 6) is 0.0650. The van der Waals surface area contributed by atoms with E-state index in [1.807, 2.05) is 0 Å². The van der Waals surface area contributed by atoms with Crippen molar-refractivity contribution in [2.24, 2.45) is 0 Å². The highest BCUT2D eigenvalue weighted by Crippen LogP contribution is 2.28. The summed E-state index contributed by atoms with van der Waals surface area (Å²) in [5, 5.41) is 15.5. The lowest BCUT2D eigenvalue weighted by Crippen LogP contribution is -2.46. The second-order valence-electron chi connectivity index (χ2n) is 5.88. The van der Waals surface area contributed by atoms with Gasteiger partial charge >= 0.3 is 6.03 Å². The lowest BCUT2D eigenvalue weighted by atomic mass is 10.0. The third-order valence-corrected chi connectivity index (χ3v) is 3.80. The molecule has 122 valence electrons. The van der Waals surface area contributed by atoms with Crippen molar-refractivity contribution in [3.05, 3.63) is 30.1 Å². The molecule has 1 aliphatic rings. The summed E-state index contributed by atoms with van der Waals surface area (Å²) >= 11 is 0. The van der Waals surface area contributed by atoms with Crippen molar-refractivity contribution in [2.45, 2.75) is 44.3 Å². The van der Waals surface area contributed by atoms with Crippen molar-refractivity contribution in [3.8, 4) is 5.75 Å². The molecule has 2 amide bonds. The first kappa shape index (κ1) is 16.5. The van der Waals surface area contributed by atoms with Crippen LogP contribution in [0.5, 0.6) is 5.75 Å². The van der Waals surface area contributed by atoms with Gasteiger partial charge in [-0.05, 0) is 31.9 Å². The van der Waals surface area contributed by atoms with Crippen LogP contribution in [-0.4, -0.2) is 35.9 Å². The Bertz CT molecular complexity index is 504. The summed E-state index contributed by atoms with van der Waals surface area (Å²) in [7, 11) is 0. The molecule has 1 saturated carbocycles. The maximum atomic E-state index is 13.0. The number of amides is 2. The molecule has 1 atom stereocenters. The second-order valence-corrected chi connectivity index (χ2v) is 5.88. The molecule has 0 heterocycles. The molecule has 0 bridgehead atoms. The number of aliphatic hydroxyl groups is 1. The summed E-state index contributed by atoms with van der Waals surface area (Å²) in [4.78, 5) is 11.7. The fourth-order valence-corrected chi connectivity index (χ4v) is 2.57. The van der Waals surface area contributed by atoms with Crippen molar-refractivity contribution in [3.63, 3.8) is 0 Å². The molecule has 1 unspecified atom stereocenters. The van der Waals surface area contributed by atoms with Crippen LogP contribution in [0.4, 0.5) is 9.18 Å². The van der Waals surface area contributed by atoms with Crippen LogP contribution in [0.15, 0.2) is 24.3 Å². The minimum absolute atomic E-state index is 0.262. The van der Waals surface area contributed by atoms with E-state index in [9.17, 15) is 14.3 Å². The molecule has 2 rings (SSSR count). The van der Waals surface area contributed by atoms with Crippen LogP contribution >= 0.6 is 0 Å². The maximum Gasteiger partial charge on any atom is 0.315 e. The highest BCUT2D eigenvalue weighted by molar-refractivity contribution is 5.73. The van der Waals surface area contributed by atoms with E-state index in [-0.39, 0.29) is 24.5 Å². The molecule has 0 radical (unpaired) electrons. The van der Waals surface area contributed by atoms with Gasteiger partial charge in [0.25, 0.3) is 0 Å². The molecule has 6 heteroatoms. The molecular weight excluding hydrogens is 287 g/mol. The van der Waals surface area contributed by atoms with Gasteiger partial charge in [0.05, 0.1) is 12.1 Å². The number of halogens is 1. The van der Waals surface area contributed by atoms with Crippen molar-refractivity contribution >= 4 is 6.03 Å². The van der Waals surface area contributed by atoms with Gasteiger partial charge in [-0.2, -0.15) is 0 Å². The molecule has 1 fully saturated rings. The van der Waals surface area contributed by atoms with E-state index in [0.717, 1.165) is 25.7 Å². The maximum absolute atomic E-state index is 13.0. The van der Waals surface area contributed by atoms with Crippen molar-refractivity contribution in [1.29, 1.82) is 0 Å². The second kappa shape index (κ2) is 7.45. The smallest absolute Gasteiger partial charge is 0.315 e. The Hall–Kier alpha value is -1.82. The van der Waals surface area contributed by atoms with E-state index in [4.69, 9.17) is 4.74 Å². The van der Waals surface area contributed by atoms with Gasteiger partial charge in [0.2, 0.25) is 0 Å². The number of nitrogens with one attached hydrogen (secondary N) is 2. The summed E-state index contributed by atoms with van der Waals surface area (Å²) < 4.78 is 18.5. The average molecular weight is 310 g/mol. The van der Waals surface area contributed by atoms with Crippen LogP contribution in [0, 0.1) is 5.82 Å². The van der Waals surface area contributed by atoms with Crippen LogP contribution in [0.25, 0.3) is 0 Å². The number of carbonyl (C=O) groups excluding carboxylic acids is 1. The first-order chi connectivity index (χ1) is 10.5. The van der Waals surface area contributed by atoms with Crippen molar-refractivity contribution < 1.29 is 19.0 Å². The predicted molar refractivity (Wildman–Crippen MR) is 81.3 cm³/mol. The summed E-state index contributed by atoms with van der Waals surface area (Å²) in [6, 6.07) is 5.54. The standard InChI is InChI=1S/C16H23FN2O3/c1-12(22-14-6-4-5-13(17)9-14)10-18-15(20)19-11-16(21)7-2-3-8-16/h4-6,9,12,21H,2-3,7-8,10-11H2,1H3,(H2,18,19,20).